The molecule has 23 heteroatoms. The standard InChI is InChI=1S/Al.Ca.5O3Si.Ta/c;;5*1-4(2)3;/q+3;+2;5*-2;+5. The first-order chi connectivity index (χ1) is 8.66. The minimum Gasteiger partial charge on any atom is -0.672 e. The second-order valence-corrected chi connectivity index (χ2v) is 3.75. The molecule has 0 aliphatic rings. The average molecular weight is 628 g/mol. The van der Waals surface area contributed by atoms with E-state index in [9.17, 15) is 0 Å². The molecule has 0 unspecified atom stereocenters. The van der Waals surface area contributed by atoms with Crippen LogP contribution in [0, 0.1) is 0 Å². The molecule has 15 nitrogen and oxygen atoms in total. The summed E-state index contributed by atoms with van der Waals surface area (Å²) in [6, 6.07) is 0. The Morgan fingerprint density at radius 2 is 0.391 bits per heavy atom. The molecule has 0 saturated carbocycles. The van der Waals surface area contributed by atoms with Crippen LogP contribution in [0.2, 0.25) is 0 Å². The van der Waals surface area contributed by atoms with Gasteiger partial charge in [0.05, 0.1) is 0 Å². The van der Waals surface area contributed by atoms with Gasteiger partial charge in [-0.3, -0.25) is 0 Å². The van der Waals surface area contributed by atoms with Crippen LogP contribution in [-0.4, -0.2) is 101 Å². The van der Waals surface area contributed by atoms with E-state index in [1.165, 1.54) is 0 Å². The zero-order chi connectivity index (χ0) is 17.9. The molecule has 0 atom stereocenters. The van der Waals surface area contributed by atoms with Gasteiger partial charge in [0, 0.05) is 45.9 Å². The van der Waals surface area contributed by atoms with Crippen molar-refractivity contribution >= 4 is 101 Å². The molecule has 0 spiro atoms. The first-order valence-electron chi connectivity index (χ1n) is 3.06. The summed E-state index contributed by atoms with van der Waals surface area (Å²) in [6.07, 6.45) is 0. The van der Waals surface area contributed by atoms with Crippen molar-refractivity contribution in [3.05, 3.63) is 0 Å². The van der Waals surface area contributed by atoms with Crippen LogP contribution in [0.15, 0.2) is 0 Å². The van der Waals surface area contributed by atoms with E-state index >= 15 is 0 Å². The number of rotatable bonds is 0. The molecular formula is AlCaO15Si5Ta. The van der Waals surface area contributed by atoms with Crippen molar-refractivity contribution in [2.75, 3.05) is 0 Å². The van der Waals surface area contributed by atoms with E-state index in [0.717, 1.165) is 0 Å². The summed E-state index contributed by atoms with van der Waals surface area (Å²) < 4.78 is 42.6. The molecule has 0 radical (unpaired) electrons. The molecule has 0 aromatic rings. The maximum atomic E-state index is 8.52. The Balaban J connectivity index is -0.0000000197. The second kappa shape index (κ2) is 43.3. The first kappa shape index (κ1) is 49.5. The van der Waals surface area contributed by atoms with E-state index < -0.39 is 45.9 Å². The molecule has 0 fully saturated rings. The smallest absolute Gasteiger partial charge is 0.672 e. The van der Waals surface area contributed by atoms with Crippen molar-refractivity contribution in [2.45, 2.75) is 0 Å². The minimum absolute atomic E-state index is 0. The van der Waals surface area contributed by atoms with Crippen LogP contribution in [0.3, 0.4) is 0 Å². The summed E-state index contributed by atoms with van der Waals surface area (Å²) >= 11 is 0. The van der Waals surface area contributed by atoms with Gasteiger partial charge in [-0.25, -0.2) is 0 Å². The van der Waals surface area contributed by atoms with Crippen LogP contribution in [0.5, 0.6) is 0 Å². The predicted molar refractivity (Wildman–Crippen MR) is 43.7 cm³/mol. The summed E-state index contributed by atoms with van der Waals surface area (Å²) in [5.41, 5.74) is 0. The van der Waals surface area contributed by atoms with Crippen LogP contribution in [0.1, 0.15) is 0 Å². The van der Waals surface area contributed by atoms with Gasteiger partial charge in [-0.2, -0.15) is 0 Å². The SMILES string of the molecule is O=[Si]([O-])[O-].O=[Si]([O-])[O-].O=[Si]([O-])[O-].O=[Si]([O-])[O-].O=[Si]([O-])[O-].[Al+3].[Ca+2].[Ta+5]. The van der Waals surface area contributed by atoms with Crippen LogP contribution in [-0.2, 0) is 44.7 Å². The van der Waals surface area contributed by atoms with Crippen molar-refractivity contribution in [3.63, 3.8) is 0 Å². The maximum Gasteiger partial charge on any atom is 5.00 e. The Morgan fingerprint density at radius 3 is 0.391 bits per heavy atom. The quantitative estimate of drug-likeness (QED) is 0.225. The molecule has 0 heterocycles. The van der Waals surface area contributed by atoms with E-state index in [1.807, 2.05) is 0 Å². The van der Waals surface area contributed by atoms with E-state index in [-0.39, 0.29) is 77.5 Å². The van der Waals surface area contributed by atoms with Crippen molar-refractivity contribution in [1.82, 2.24) is 0 Å². The van der Waals surface area contributed by atoms with Gasteiger partial charge in [-0.15, -0.1) is 0 Å². The Labute approximate surface area is 191 Å². The fourth-order valence-corrected chi connectivity index (χ4v) is 0. The van der Waals surface area contributed by atoms with E-state index in [2.05, 4.69) is 0 Å². The number of hydrogen-bond acceptors (Lipinski definition) is 15. The molecule has 0 bridgehead atoms. The van der Waals surface area contributed by atoms with Crippen LogP contribution < -0.4 is 48.0 Å². The third kappa shape index (κ3) is 25300. The van der Waals surface area contributed by atoms with E-state index in [4.69, 9.17) is 70.3 Å². The number of hydrogen-bond donors (Lipinski definition) is 0. The average Bonchev–Trinajstić information content (AvgIpc) is 1.94. The molecule has 0 N–H and O–H groups in total. The topological polar surface area (TPSA) is 316 Å². The molecule has 0 aliphatic heterocycles. The molecule has 0 aliphatic carbocycles. The molecule has 0 rings (SSSR count). The molecule has 120 valence electrons. The summed E-state index contributed by atoms with van der Waals surface area (Å²) in [7, 11) is -18.1. The van der Waals surface area contributed by atoms with Gasteiger partial charge >= 0.3 is 77.5 Å². The van der Waals surface area contributed by atoms with E-state index in [0.29, 0.717) is 0 Å². The van der Waals surface area contributed by atoms with Crippen LogP contribution in [0.4, 0.5) is 0 Å². The molecular weight excluding hydrogens is 628 g/mol. The van der Waals surface area contributed by atoms with E-state index in [1.54, 1.807) is 0 Å². The summed E-state index contributed by atoms with van der Waals surface area (Å²) in [5, 5.41) is 0. The van der Waals surface area contributed by atoms with Gasteiger partial charge in [-0.1, -0.05) is 0 Å². The third-order valence-electron chi connectivity index (χ3n) is 0. The normalized spacial score (nSPS) is 5.22. The summed E-state index contributed by atoms with van der Waals surface area (Å²) in [5.74, 6) is 0. The maximum absolute atomic E-state index is 8.52. The van der Waals surface area contributed by atoms with Gasteiger partial charge in [0.25, 0.3) is 0 Å². The summed E-state index contributed by atoms with van der Waals surface area (Å²) in [4.78, 5) is 85.2. The fourth-order valence-electron chi connectivity index (χ4n) is 0. The molecule has 0 amide bonds. The first-order valence-corrected chi connectivity index (χ1v) is 9.19. The van der Waals surface area contributed by atoms with Gasteiger partial charge in [0.2, 0.25) is 0 Å². The monoisotopic (exact) mass is 628 g/mol. The molecule has 23 heavy (non-hydrogen) atoms. The fraction of sp³-hybridized carbons (Fsp3) is 0. The van der Waals surface area contributed by atoms with Gasteiger partial charge < -0.3 is 70.3 Å². The zero-order valence-electron chi connectivity index (χ0n) is 10.4. The third-order valence-corrected chi connectivity index (χ3v) is 0. The Morgan fingerprint density at radius 1 is 0.391 bits per heavy atom. The van der Waals surface area contributed by atoms with Crippen molar-refractivity contribution in [2.24, 2.45) is 0 Å². The summed E-state index contributed by atoms with van der Waals surface area (Å²) in [6.45, 7) is 0. The van der Waals surface area contributed by atoms with Crippen LogP contribution >= 0.6 is 0 Å². The van der Waals surface area contributed by atoms with Gasteiger partial charge in [0.1, 0.15) is 0 Å². The molecule has 0 aromatic carbocycles. The Kier molecular flexibility index (Phi) is 93.3. The largest absolute Gasteiger partial charge is 5.00 e. The van der Waals surface area contributed by atoms with Gasteiger partial charge in [-0.05, 0) is 0 Å². The van der Waals surface area contributed by atoms with Crippen molar-refractivity contribution in [3.8, 4) is 0 Å². The Hall–Kier alpha value is 0.617. The zero-order valence-corrected chi connectivity index (χ0v) is 21.9. The van der Waals surface area contributed by atoms with Gasteiger partial charge in [0.15, 0.2) is 0 Å². The second-order valence-electron chi connectivity index (χ2n) is 1.25. The molecule has 0 aromatic heterocycles. The molecule has 0 saturated heterocycles. The van der Waals surface area contributed by atoms with Crippen molar-refractivity contribution in [1.29, 1.82) is 0 Å². The van der Waals surface area contributed by atoms with Crippen molar-refractivity contribution < 1.29 is 92.6 Å². The Bertz CT molecular complexity index is 219. The minimum atomic E-state index is -3.63. The predicted octanol–water partition coefficient (Wildman–Crippen LogP) is -15.2. The van der Waals surface area contributed by atoms with Crippen LogP contribution in [0.25, 0.3) is 0 Å².